The number of aromatic nitrogens is 2. The predicted molar refractivity (Wildman–Crippen MR) is 106 cm³/mol. The molecule has 4 nitrogen and oxygen atoms in total. The molecule has 0 aliphatic heterocycles. The van der Waals surface area contributed by atoms with Gasteiger partial charge in [-0.05, 0) is 54.9 Å². The van der Waals surface area contributed by atoms with Crippen LogP contribution in [0.5, 0.6) is 17.4 Å². The van der Waals surface area contributed by atoms with E-state index in [0.717, 1.165) is 41.0 Å². The zero-order chi connectivity index (χ0) is 18.1. The van der Waals surface area contributed by atoms with Crippen LogP contribution in [-0.4, -0.2) is 17.1 Å². The van der Waals surface area contributed by atoms with Gasteiger partial charge in [0.05, 0.1) is 12.5 Å². The summed E-state index contributed by atoms with van der Waals surface area (Å²) in [4.78, 5) is 11.4. The van der Waals surface area contributed by atoms with Crippen LogP contribution in [0.2, 0.25) is 0 Å². The lowest BCUT2D eigenvalue weighted by atomic mass is 9.89. The summed E-state index contributed by atoms with van der Waals surface area (Å²) >= 11 is 1.77. The largest absolute Gasteiger partial charge is 0.493 e. The first kappa shape index (κ1) is 17.0. The molecule has 1 aromatic carbocycles. The van der Waals surface area contributed by atoms with E-state index in [0.29, 0.717) is 17.4 Å². The Morgan fingerprint density at radius 3 is 3.00 bits per heavy atom. The third-order valence-corrected chi connectivity index (χ3v) is 6.03. The van der Waals surface area contributed by atoms with E-state index in [1.807, 2.05) is 24.3 Å². The SMILES string of the molecule is C=CCc1ccc(Oc2ncnc3sc4c(c23)CCC(C)C4)c(OC)c1. The maximum atomic E-state index is 6.20. The van der Waals surface area contributed by atoms with Crippen molar-refractivity contribution in [3.8, 4) is 17.4 Å². The monoisotopic (exact) mass is 366 g/mol. The van der Waals surface area contributed by atoms with Gasteiger partial charge in [0.2, 0.25) is 5.88 Å². The molecule has 3 aromatic rings. The number of fused-ring (bicyclic) bond motifs is 3. The summed E-state index contributed by atoms with van der Waals surface area (Å²) in [6, 6.07) is 5.95. The number of nitrogens with zero attached hydrogens (tertiary/aromatic N) is 2. The van der Waals surface area contributed by atoms with Crippen LogP contribution in [0.15, 0.2) is 37.2 Å². The Balaban J connectivity index is 1.75. The van der Waals surface area contributed by atoms with Gasteiger partial charge in [-0.15, -0.1) is 17.9 Å². The van der Waals surface area contributed by atoms with Crippen molar-refractivity contribution in [2.45, 2.75) is 32.6 Å². The molecule has 1 unspecified atom stereocenters. The molecule has 0 spiro atoms. The van der Waals surface area contributed by atoms with Crippen LogP contribution in [-0.2, 0) is 19.3 Å². The summed E-state index contributed by atoms with van der Waals surface area (Å²) < 4.78 is 11.7. The van der Waals surface area contributed by atoms with Gasteiger partial charge in [-0.25, -0.2) is 9.97 Å². The van der Waals surface area contributed by atoms with Gasteiger partial charge in [0.1, 0.15) is 11.2 Å². The van der Waals surface area contributed by atoms with Gasteiger partial charge in [0.25, 0.3) is 0 Å². The normalized spacial score (nSPS) is 16.3. The number of methoxy groups -OCH3 is 1. The van der Waals surface area contributed by atoms with Gasteiger partial charge >= 0.3 is 0 Å². The van der Waals surface area contributed by atoms with Crippen molar-refractivity contribution in [1.82, 2.24) is 9.97 Å². The van der Waals surface area contributed by atoms with Crippen LogP contribution in [0.1, 0.15) is 29.3 Å². The third-order valence-electron chi connectivity index (χ3n) is 4.87. The molecule has 0 fully saturated rings. The Hall–Kier alpha value is -2.40. The van der Waals surface area contributed by atoms with Crippen LogP contribution in [0.25, 0.3) is 10.2 Å². The minimum absolute atomic E-state index is 0.622. The molecule has 0 saturated carbocycles. The van der Waals surface area contributed by atoms with E-state index in [4.69, 9.17) is 9.47 Å². The highest BCUT2D eigenvalue weighted by atomic mass is 32.1. The highest BCUT2D eigenvalue weighted by Crippen LogP contribution is 2.42. The summed E-state index contributed by atoms with van der Waals surface area (Å²) in [5, 5.41) is 1.07. The number of thiophene rings is 1. The average Bonchev–Trinajstić information content (AvgIpc) is 3.01. The third kappa shape index (κ3) is 3.07. The Morgan fingerprint density at radius 2 is 2.19 bits per heavy atom. The number of benzene rings is 1. The zero-order valence-electron chi connectivity index (χ0n) is 15.1. The van der Waals surface area contributed by atoms with Crippen molar-refractivity contribution in [3.05, 3.63) is 53.2 Å². The lowest BCUT2D eigenvalue weighted by molar-refractivity contribution is 0.375. The standard InChI is InChI=1S/C21H22N2O2S/c1-4-5-14-7-9-16(17(11-14)24-3)25-20-19-15-8-6-13(2)10-18(15)26-21(19)23-12-22-20/h4,7,9,11-13H,1,5-6,8,10H2,2-3H3. The smallest absolute Gasteiger partial charge is 0.231 e. The second kappa shape index (κ2) is 7.08. The van der Waals surface area contributed by atoms with Crippen LogP contribution in [0.4, 0.5) is 0 Å². The van der Waals surface area contributed by atoms with Crippen LogP contribution >= 0.6 is 11.3 Å². The highest BCUT2D eigenvalue weighted by Gasteiger charge is 2.24. The van der Waals surface area contributed by atoms with Crippen molar-refractivity contribution in [1.29, 1.82) is 0 Å². The first-order valence-electron chi connectivity index (χ1n) is 8.90. The Kier molecular flexibility index (Phi) is 4.64. The second-order valence-corrected chi connectivity index (χ2v) is 7.87. The maximum absolute atomic E-state index is 6.20. The Labute approximate surface area is 157 Å². The fourth-order valence-corrected chi connectivity index (χ4v) is 4.86. The molecule has 1 atom stereocenters. The number of aryl methyl sites for hydroxylation is 1. The van der Waals surface area contributed by atoms with Gasteiger partial charge in [0.15, 0.2) is 11.5 Å². The highest BCUT2D eigenvalue weighted by molar-refractivity contribution is 7.18. The molecule has 0 N–H and O–H groups in total. The van der Waals surface area contributed by atoms with E-state index in [-0.39, 0.29) is 0 Å². The topological polar surface area (TPSA) is 44.2 Å². The quantitative estimate of drug-likeness (QED) is 0.571. The van der Waals surface area contributed by atoms with E-state index >= 15 is 0 Å². The van der Waals surface area contributed by atoms with Crippen LogP contribution in [0.3, 0.4) is 0 Å². The summed E-state index contributed by atoms with van der Waals surface area (Å²) in [7, 11) is 1.66. The molecular weight excluding hydrogens is 344 g/mol. The molecule has 4 rings (SSSR count). The Bertz CT molecular complexity index is 964. The van der Waals surface area contributed by atoms with Crippen molar-refractivity contribution in [2.24, 2.45) is 5.92 Å². The number of allylic oxidation sites excluding steroid dienone is 1. The fourth-order valence-electron chi connectivity index (χ4n) is 3.52. The molecule has 0 bridgehead atoms. The molecule has 0 saturated heterocycles. The van der Waals surface area contributed by atoms with Gasteiger partial charge in [-0.1, -0.05) is 19.1 Å². The minimum atomic E-state index is 0.622. The molecule has 5 heteroatoms. The average molecular weight is 366 g/mol. The number of ether oxygens (including phenoxy) is 2. The first-order chi connectivity index (χ1) is 12.7. The van der Waals surface area contributed by atoms with E-state index in [1.54, 1.807) is 24.8 Å². The van der Waals surface area contributed by atoms with Crippen LogP contribution in [0, 0.1) is 5.92 Å². The van der Waals surface area contributed by atoms with E-state index in [1.165, 1.54) is 16.9 Å². The summed E-state index contributed by atoms with van der Waals surface area (Å²) in [5.41, 5.74) is 2.50. The molecular formula is C21H22N2O2S. The molecule has 2 aromatic heterocycles. The molecule has 0 amide bonds. The fraction of sp³-hybridized carbons (Fsp3) is 0.333. The van der Waals surface area contributed by atoms with Gasteiger partial charge in [-0.2, -0.15) is 0 Å². The van der Waals surface area contributed by atoms with Crippen molar-refractivity contribution < 1.29 is 9.47 Å². The lowest BCUT2D eigenvalue weighted by Crippen LogP contribution is -2.08. The van der Waals surface area contributed by atoms with Gasteiger partial charge in [-0.3, -0.25) is 0 Å². The van der Waals surface area contributed by atoms with Gasteiger partial charge in [0, 0.05) is 4.88 Å². The van der Waals surface area contributed by atoms with Crippen molar-refractivity contribution in [2.75, 3.05) is 7.11 Å². The lowest BCUT2D eigenvalue weighted by Gasteiger charge is -2.18. The summed E-state index contributed by atoms with van der Waals surface area (Å²) in [5.74, 6) is 2.72. The molecule has 1 aliphatic rings. The van der Waals surface area contributed by atoms with Gasteiger partial charge < -0.3 is 9.47 Å². The number of hydrogen-bond donors (Lipinski definition) is 0. The Morgan fingerprint density at radius 1 is 1.31 bits per heavy atom. The second-order valence-electron chi connectivity index (χ2n) is 6.79. The molecule has 134 valence electrons. The summed E-state index contributed by atoms with van der Waals surface area (Å²) in [6.07, 6.45) is 7.64. The maximum Gasteiger partial charge on any atom is 0.231 e. The molecule has 2 heterocycles. The number of rotatable bonds is 5. The van der Waals surface area contributed by atoms with Crippen molar-refractivity contribution >= 4 is 21.6 Å². The van der Waals surface area contributed by atoms with Crippen molar-refractivity contribution in [3.63, 3.8) is 0 Å². The van der Waals surface area contributed by atoms with E-state index < -0.39 is 0 Å². The molecule has 26 heavy (non-hydrogen) atoms. The van der Waals surface area contributed by atoms with E-state index in [2.05, 4.69) is 23.5 Å². The molecule has 1 aliphatic carbocycles. The summed E-state index contributed by atoms with van der Waals surface area (Å²) in [6.45, 7) is 6.10. The number of hydrogen-bond acceptors (Lipinski definition) is 5. The predicted octanol–water partition coefficient (Wildman–Crippen LogP) is 5.35. The minimum Gasteiger partial charge on any atom is -0.493 e. The van der Waals surface area contributed by atoms with Crippen LogP contribution < -0.4 is 9.47 Å². The molecule has 0 radical (unpaired) electrons. The zero-order valence-corrected chi connectivity index (χ0v) is 15.9. The first-order valence-corrected chi connectivity index (χ1v) is 9.72. The van der Waals surface area contributed by atoms with E-state index in [9.17, 15) is 0 Å².